The molecule has 0 aliphatic carbocycles. The van der Waals surface area contributed by atoms with E-state index in [4.69, 9.17) is 0 Å². The van der Waals surface area contributed by atoms with E-state index in [0.29, 0.717) is 18.4 Å². The number of piperidine rings is 1. The van der Waals surface area contributed by atoms with Crippen LogP contribution < -0.4 is 5.56 Å². The van der Waals surface area contributed by atoms with Crippen LogP contribution in [-0.2, 0) is 16.8 Å². The predicted octanol–water partition coefficient (Wildman–Crippen LogP) is 1.73. The Morgan fingerprint density at radius 2 is 1.88 bits per heavy atom. The fourth-order valence-corrected chi connectivity index (χ4v) is 4.03. The third-order valence-electron chi connectivity index (χ3n) is 5.58. The molecule has 6 nitrogen and oxygen atoms in total. The molecule has 0 N–H and O–H groups in total. The first-order chi connectivity index (χ1) is 12.2. The van der Waals surface area contributed by atoms with Crippen molar-refractivity contribution in [3.63, 3.8) is 0 Å². The average molecular weight is 361 g/mol. The first-order valence-corrected chi connectivity index (χ1v) is 9.79. The molecule has 1 unspecified atom stereocenters. The standard InChI is InChI=1S/C20H32N4O2/c1-15(25)23-9-5-6-16(13-23)10-22-11-17(12-22)14-24-19(26)8-7-18(21-24)20(2,3)4/h7-8,16-17H,5-6,9-14H2,1-4H3. The molecule has 1 aromatic rings. The summed E-state index contributed by atoms with van der Waals surface area (Å²) in [6.07, 6.45) is 2.32. The second-order valence-electron chi connectivity index (χ2n) is 9.05. The second-order valence-corrected chi connectivity index (χ2v) is 9.05. The van der Waals surface area contributed by atoms with Gasteiger partial charge in [-0.2, -0.15) is 5.10 Å². The number of rotatable bonds is 4. The van der Waals surface area contributed by atoms with Crippen molar-refractivity contribution >= 4 is 5.91 Å². The van der Waals surface area contributed by atoms with Gasteiger partial charge in [0.05, 0.1) is 12.2 Å². The zero-order valence-electron chi connectivity index (χ0n) is 16.6. The van der Waals surface area contributed by atoms with Crippen molar-refractivity contribution in [2.45, 2.75) is 52.5 Å². The molecule has 1 amide bonds. The maximum atomic E-state index is 12.1. The molecule has 0 radical (unpaired) electrons. The van der Waals surface area contributed by atoms with Crippen LogP contribution in [-0.4, -0.2) is 58.2 Å². The average Bonchev–Trinajstić information content (AvgIpc) is 2.53. The van der Waals surface area contributed by atoms with Crippen molar-refractivity contribution < 1.29 is 4.79 Å². The predicted molar refractivity (Wildman–Crippen MR) is 102 cm³/mol. The summed E-state index contributed by atoms with van der Waals surface area (Å²) in [5.41, 5.74) is 0.894. The van der Waals surface area contributed by atoms with Crippen LogP contribution >= 0.6 is 0 Å². The summed E-state index contributed by atoms with van der Waals surface area (Å²) in [7, 11) is 0. The number of carbonyl (C=O) groups is 1. The lowest BCUT2D eigenvalue weighted by Crippen LogP contribution is -2.53. The molecule has 1 aromatic heterocycles. The fraction of sp³-hybridized carbons (Fsp3) is 0.750. The first-order valence-electron chi connectivity index (χ1n) is 9.79. The van der Waals surface area contributed by atoms with Gasteiger partial charge in [-0.1, -0.05) is 20.8 Å². The Morgan fingerprint density at radius 3 is 2.54 bits per heavy atom. The van der Waals surface area contributed by atoms with E-state index >= 15 is 0 Å². The molecule has 144 valence electrons. The van der Waals surface area contributed by atoms with Gasteiger partial charge in [-0.3, -0.25) is 9.59 Å². The van der Waals surface area contributed by atoms with E-state index < -0.39 is 0 Å². The number of nitrogens with zero attached hydrogens (tertiary/aromatic N) is 4. The number of aromatic nitrogens is 2. The summed E-state index contributed by atoms with van der Waals surface area (Å²) in [5.74, 6) is 1.27. The van der Waals surface area contributed by atoms with Gasteiger partial charge < -0.3 is 9.80 Å². The summed E-state index contributed by atoms with van der Waals surface area (Å²) in [4.78, 5) is 28.1. The Balaban J connectivity index is 1.50. The second kappa shape index (κ2) is 7.51. The van der Waals surface area contributed by atoms with Crippen LogP contribution in [0.3, 0.4) is 0 Å². The highest BCUT2D eigenvalue weighted by Gasteiger charge is 2.31. The number of likely N-dealkylation sites (tertiary alicyclic amines) is 2. The molecule has 0 aromatic carbocycles. The third kappa shape index (κ3) is 4.53. The van der Waals surface area contributed by atoms with Gasteiger partial charge in [0, 0.05) is 57.0 Å². The molecule has 2 saturated heterocycles. The van der Waals surface area contributed by atoms with Crippen LogP contribution in [0.2, 0.25) is 0 Å². The van der Waals surface area contributed by atoms with E-state index in [1.165, 1.54) is 6.42 Å². The minimum Gasteiger partial charge on any atom is -0.343 e. The lowest BCUT2D eigenvalue weighted by Gasteiger charge is -2.43. The van der Waals surface area contributed by atoms with Gasteiger partial charge in [0.15, 0.2) is 0 Å². The minimum absolute atomic E-state index is 0.0131. The van der Waals surface area contributed by atoms with E-state index in [1.54, 1.807) is 17.7 Å². The van der Waals surface area contributed by atoms with Crippen LogP contribution in [0.15, 0.2) is 16.9 Å². The highest BCUT2D eigenvalue weighted by Crippen LogP contribution is 2.24. The molecule has 0 spiro atoms. The summed E-state index contributed by atoms with van der Waals surface area (Å²) in [6.45, 7) is 13.6. The van der Waals surface area contributed by atoms with Crippen molar-refractivity contribution in [2.24, 2.45) is 11.8 Å². The molecular formula is C20H32N4O2. The molecule has 6 heteroatoms. The van der Waals surface area contributed by atoms with Crippen LogP contribution in [0.5, 0.6) is 0 Å². The maximum Gasteiger partial charge on any atom is 0.266 e. The van der Waals surface area contributed by atoms with Crippen molar-refractivity contribution in [1.29, 1.82) is 0 Å². The Bertz CT molecular complexity index is 700. The summed E-state index contributed by atoms with van der Waals surface area (Å²) in [6, 6.07) is 3.48. The molecule has 0 bridgehead atoms. The smallest absolute Gasteiger partial charge is 0.266 e. The lowest BCUT2D eigenvalue weighted by atomic mass is 9.92. The summed E-state index contributed by atoms with van der Waals surface area (Å²) in [5, 5.41) is 4.58. The lowest BCUT2D eigenvalue weighted by molar-refractivity contribution is -0.130. The van der Waals surface area contributed by atoms with Gasteiger partial charge in [0.25, 0.3) is 5.56 Å². The SMILES string of the molecule is CC(=O)N1CCCC(CN2CC(Cn3nc(C(C)(C)C)ccc3=O)C2)C1. The first kappa shape index (κ1) is 19.1. The quantitative estimate of drug-likeness (QED) is 0.821. The molecule has 26 heavy (non-hydrogen) atoms. The van der Waals surface area contributed by atoms with Crippen LogP contribution in [0.1, 0.15) is 46.2 Å². The Hall–Kier alpha value is -1.69. The Kier molecular flexibility index (Phi) is 5.51. The van der Waals surface area contributed by atoms with Gasteiger partial charge >= 0.3 is 0 Å². The molecule has 1 atom stereocenters. The van der Waals surface area contributed by atoms with E-state index in [1.807, 2.05) is 11.0 Å². The molecular weight excluding hydrogens is 328 g/mol. The van der Waals surface area contributed by atoms with Crippen molar-refractivity contribution in [3.05, 3.63) is 28.2 Å². The van der Waals surface area contributed by atoms with E-state index in [2.05, 4.69) is 30.8 Å². The highest BCUT2D eigenvalue weighted by molar-refractivity contribution is 5.73. The van der Waals surface area contributed by atoms with E-state index in [0.717, 1.165) is 44.8 Å². The molecule has 0 saturated carbocycles. The Labute approximate surface area is 156 Å². The summed E-state index contributed by atoms with van der Waals surface area (Å²) >= 11 is 0. The molecule has 2 aliphatic heterocycles. The monoisotopic (exact) mass is 360 g/mol. The molecule has 3 rings (SSSR count). The van der Waals surface area contributed by atoms with Gasteiger partial charge in [-0.25, -0.2) is 4.68 Å². The number of hydrogen-bond acceptors (Lipinski definition) is 4. The van der Waals surface area contributed by atoms with Crippen LogP contribution in [0, 0.1) is 11.8 Å². The highest BCUT2D eigenvalue weighted by atomic mass is 16.2. The third-order valence-corrected chi connectivity index (χ3v) is 5.58. The van der Waals surface area contributed by atoms with Crippen molar-refractivity contribution in [2.75, 3.05) is 32.7 Å². The zero-order valence-corrected chi connectivity index (χ0v) is 16.6. The Morgan fingerprint density at radius 1 is 1.15 bits per heavy atom. The molecule has 2 aliphatic rings. The number of amides is 1. The maximum absolute atomic E-state index is 12.1. The van der Waals surface area contributed by atoms with Crippen molar-refractivity contribution in [1.82, 2.24) is 19.6 Å². The molecule has 2 fully saturated rings. The zero-order chi connectivity index (χ0) is 18.9. The van der Waals surface area contributed by atoms with Crippen LogP contribution in [0.25, 0.3) is 0 Å². The van der Waals surface area contributed by atoms with Gasteiger partial charge in [-0.05, 0) is 24.8 Å². The topological polar surface area (TPSA) is 58.4 Å². The van der Waals surface area contributed by atoms with E-state index in [9.17, 15) is 9.59 Å². The van der Waals surface area contributed by atoms with Crippen molar-refractivity contribution in [3.8, 4) is 0 Å². The normalized spacial score (nSPS) is 22.3. The van der Waals surface area contributed by atoms with Gasteiger partial charge in [-0.15, -0.1) is 0 Å². The number of hydrogen-bond donors (Lipinski definition) is 0. The minimum atomic E-state index is -0.0509. The van der Waals surface area contributed by atoms with Gasteiger partial charge in [0.1, 0.15) is 0 Å². The van der Waals surface area contributed by atoms with E-state index in [-0.39, 0.29) is 16.9 Å². The van der Waals surface area contributed by atoms with Crippen LogP contribution in [0.4, 0.5) is 0 Å². The summed E-state index contributed by atoms with van der Waals surface area (Å²) < 4.78 is 1.64. The fourth-order valence-electron chi connectivity index (χ4n) is 4.03. The molecule has 3 heterocycles. The largest absolute Gasteiger partial charge is 0.343 e. The van der Waals surface area contributed by atoms with Gasteiger partial charge in [0.2, 0.25) is 5.91 Å². The number of carbonyl (C=O) groups excluding carboxylic acids is 1.